The molecule has 0 fully saturated rings. The molecule has 5 heteroatoms. The second-order valence-corrected chi connectivity index (χ2v) is 4.88. The molecule has 0 saturated carbocycles. The normalized spacial score (nSPS) is 13.2. The van der Waals surface area contributed by atoms with Crippen molar-refractivity contribution >= 4 is 35.3 Å². The minimum absolute atomic E-state index is 0.0198. The highest BCUT2D eigenvalue weighted by Crippen LogP contribution is 2.28. The maximum Gasteiger partial charge on any atom is 0.224 e. The molecule has 4 nitrogen and oxygen atoms in total. The number of nitrogens with zero attached hydrogens (tertiary/aromatic N) is 3. The lowest BCUT2D eigenvalue weighted by molar-refractivity contribution is -0.116. The Kier molecular flexibility index (Phi) is 3.24. The standard InChI is InChI=1S/C15H12ClN3O/c1-10(20)19-9-12-8-17-15(16)18-13(12)7-6-11-4-2-3-5-14(11)19/h2-8H,9H2,1H3. The van der Waals surface area contributed by atoms with Crippen molar-refractivity contribution in [3.05, 3.63) is 52.6 Å². The fourth-order valence-electron chi connectivity index (χ4n) is 2.24. The molecule has 1 aliphatic rings. The second-order valence-electron chi connectivity index (χ2n) is 4.55. The Morgan fingerprint density at radius 3 is 2.90 bits per heavy atom. The van der Waals surface area contributed by atoms with Crippen LogP contribution >= 0.6 is 11.6 Å². The fraction of sp³-hybridized carbons (Fsp3) is 0.133. The van der Waals surface area contributed by atoms with Gasteiger partial charge >= 0.3 is 0 Å². The number of carbonyl (C=O) groups is 1. The fourth-order valence-corrected chi connectivity index (χ4v) is 2.38. The minimum atomic E-state index is -0.0198. The molecule has 100 valence electrons. The lowest BCUT2D eigenvalue weighted by atomic mass is 10.1. The number of amides is 1. The van der Waals surface area contributed by atoms with Crippen LogP contribution in [0.2, 0.25) is 5.28 Å². The Morgan fingerprint density at radius 2 is 2.10 bits per heavy atom. The van der Waals surface area contributed by atoms with Crippen molar-refractivity contribution in [1.82, 2.24) is 9.97 Å². The van der Waals surface area contributed by atoms with Gasteiger partial charge < -0.3 is 4.90 Å². The topological polar surface area (TPSA) is 46.1 Å². The smallest absolute Gasteiger partial charge is 0.224 e. The number of aromatic nitrogens is 2. The number of para-hydroxylation sites is 1. The van der Waals surface area contributed by atoms with Crippen LogP contribution in [0, 0.1) is 0 Å². The molecular weight excluding hydrogens is 274 g/mol. The molecule has 0 radical (unpaired) electrons. The molecule has 1 amide bonds. The molecule has 1 aromatic heterocycles. The summed E-state index contributed by atoms with van der Waals surface area (Å²) < 4.78 is 0. The highest BCUT2D eigenvalue weighted by Gasteiger charge is 2.18. The Bertz CT molecular complexity index is 712. The van der Waals surface area contributed by atoms with Gasteiger partial charge in [0.1, 0.15) is 0 Å². The molecule has 0 unspecified atom stereocenters. The van der Waals surface area contributed by atoms with E-state index in [4.69, 9.17) is 11.6 Å². The van der Waals surface area contributed by atoms with Crippen LogP contribution in [0.15, 0.2) is 30.5 Å². The second kappa shape index (κ2) is 5.06. The maximum absolute atomic E-state index is 11.9. The quantitative estimate of drug-likeness (QED) is 0.699. The van der Waals surface area contributed by atoms with Crippen molar-refractivity contribution in [3.8, 4) is 0 Å². The van der Waals surface area contributed by atoms with Gasteiger partial charge in [0.25, 0.3) is 0 Å². The van der Waals surface area contributed by atoms with E-state index in [2.05, 4.69) is 9.97 Å². The van der Waals surface area contributed by atoms with Gasteiger partial charge in [-0.15, -0.1) is 0 Å². The Morgan fingerprint density at radius 1 is 1.30 bits per heavy atom. The summed E-state index contributed by atoms with van der Waals surface area (Å²) in [5.41, 5.74) is 3.47. The highest BCUT2D eigenvalue weighted by atomic mass is 35.5. The Balaban J connectivity index is 2.19. The third-order valence-corrected chi connectivity index (χ3v) is 3.41. The van der Waals surface area contributed by atoms with Crippen LogP contribution in [-0.4, -0.2) is 15.9 Å². The zero-order valence-electron chi connectivity index (χ0n) is 10.9. The summed E-state index contributed by atoms with van der Waals surface area (Å²) in [6.45, 7) is 1.99. The van der Waals surface area contributed by atoms with E-state index in [1.165, 1.54) is 0 Å². The summed E-state index contributed by atoms with van der Waals surface area (Å²) in [7, 11) is 0. The van der Waals surface area contributed by atoms with Crippen LogP contribution in [-0.2, 0) is 11.3 Å². The summed E-state index contributed by atoms with van der Waals surface area (Å²) in [6, 6.07) is 7.76. The van der Waals surface area contributed by atoms with Gasteiger partial charge in [-0.2, -0.15) is 0 Å². The molecule has 0 aliphatic carbocycles. The number of rotatable bonds is 0. The van der Waals surface area contributed by atoms with Gasteiger partial charge in [-0.3, -0.25) is 4.79 Å². The molecule has 0 bridgehead atoms. The SMILES string of the molecule is CC(=O)N1Cc2cnc(Cl)nc2C=Cc2ccccc21. The lowest BCUT2D eigenvalue weighted by Crippen LogP contribution is -2.29. The van der Waals surface area contributed by atoms with Gasteiger partial charge in [0, 0.05) is 18.7 Å². The average Bonchev–Trinajstić information content (AvgIpc) is 2.42. The largest absolute Gasteiger partial charge is 0.308 e. The summed E-state index contributed by atoms with van der Waals surface area (Å²) in [4.78, 5) is 21.9. The first-order chi connectivity index (χ1) is 9.65. The van der Waals surface area contributed by atoms with Gasteiger partial charge in [-0.25, -0.2) is 9.97 Å². The van der Waals surface area contributed by atoms with Crippen molar-refractivity contribution in [2.24, 2.45) is 0 Å². The monoisotopic (exact) mass is 285 g/mol. The third-order valence-electron chi connectivity index (χ3n) is 3.23. The van der Waals surface area contributed by atoms with Crippen LogP contribution < -0.4 is 4.90 Å². The molecule has 3 rings (SSSR count). The zero-order valence-corrected chi connectivity index (χ0v) is 11.6. The van der Waals surface area contributed by atoms with E-state index < -0.39 is 0 Å². The summed E-state index contributed by atoms with van der Waals surface area (Å²) in [5.74, 6) is -0.0198. The minimum Gasteiger partial charge on any atom is -0.308 e. The molecule has 0 spiro atoms. The van der Waals surface area contributed by atoms with Crippen molar-refractivity contribution in [1.29, 1.82) is 0 Å². The van der Waals surface area contributed by atoms with Gasteiger partial charge in [-0.05, 0) is 29.3 Å². The molecule has 1 aromatic carbocycles. The van der Waals surface area contributed by atoms with Crippen molar-refractivity contribution in [2.75, 3.05) is 4.90 Å². The molecule has 0 saturated heterocycles. The molecule has 0 N–H and O–H groups in total. The van der Waals surface area contributed by atoms with Crippen molar-refractivity contribution in [2.45, 2.75) is 13.5 Å². The number of benzene rings is 1. The van der Waals surface area contributed by atoms with Crippen LogP contribution in [0.1, 0.15) is 23.7 Å². The number of hydrogen-bond acceptors (Lipinski definition) is 3. The van der Waals surface area contributed by atoms with E-state index in [1.54, 1.807) is 18.0 Å². The summed E-state index contributed by atoms with van der Waals surface area (Å²) in [5, 5.41) is 0.205. The van der Waals surface area contributed by atoms with Gasteiger partial charge in [0.15, 0.2) is 0 Å². The number of fused-ring (bicyclic) bond motifs is 2. The third kappa shape index (κ3) is 2.30. The first-order valence-corrected chi connectivity index (χ1v) is 6.59. The number of halogens is 1. The van der Waals surface area contributed by atoms with E-state index in [1.807, 2.05) is 36.4 Å². The Labute approximate surface area is 121 Å². The Hall–Kier alpha value is -2.20. The predicted octanol–water partition coefficient (Wildman–Crippen LogP) is 3.17. The van der Waals surface area contributed by atoms with Gasteiger partial charge in [-0.1, -0.05) is 24.3 Å². The van der Waals surface area contributed by atoms with Crippen LogP contribution in [0.25, 0.3) is 12.2 Å². The predicted molar refractivity (Wildman–Crippen MR) is 79.3 cm³/mol. The molecular formula is C15H12ClN3O. The van der Waals surface area contributed by atoms with E-state index in [-0.39, 0.29) is 11.2 Å². The van der Waals surface area contributed by atoms with Crippen LogP contribution in [0.4, 0.5) is 5.69 Å². The van der Waals surface area contributed by atoms with Gasteiger partial charge in [0.05, 0.1) is 17.9 Å². The number of carbonyl (C=O) groups excluding carboxylic acids is 1. The summed E-state index contributed by atoms with van der Waals surface area (Å²) >= 11 is 5.83. The van der Waals surface area contributed by atoms with E-state index in [0.717, 1.165) is 22.5 Å². The zero-order chi connectivity index (χ0) is 14.1. The molecule has 1 aliphatic heterocycles. The van der Waals surface area contributed by atoms with Crippen LogP contribution in [0.3, 0.4) is 0 Å². The number of hydrogen-bond donors (Lipinski definition) is 0. The lowest BCUT2D eigenvalue weighted by Gasteiger charge is -2.25. The first-order valence-electron chi connectivity index (χ1n) is 6.22. The molecule has 2 heterocycles. The summed E-state index contributed by atoms with van der Waals surface area (Å²) in [6.07, 6.45) is 5.50. The molecule has 20 heavy (non-hydrogen) atoms. The number of anilines is 1. The molecule has 2 aromatic rings. The van der Waals surface area contributed by atoms with Crippen LogP contribution in [0.5, 0.6) is 0 Å². The maximum atomic E-state index is 11.9. The van der Waals surface area contributed by atoms with E-state index in [9.17, 15) is 4.79 Å². The molecule has 0 atom stereocenters. The first kappa shape index (κ1) is 12.8. The highest BCUT2D eigenvalue weighted by molar-refractivity contribution is 6.28. The van der Waals surface area contributed by atoms with Crippen molar-refractivity contribution in [3.63, 3.8) is 0 Å². The van der Waals surface area contributed by atoms with E-state index in [0.29, 0.717) is 6.54 Å². The average molecular weight is 286 g/mol. The van der Waals surface area contributed by atoms with Crippen molar-refractivity contribution < 1.29 is 4.79 Å². The van der Waals surface area contributed by atoms with Gasteiger partial charge in [0.2, 0.25) is 11.2 Å². The van der Waals surface area contributed by atoms with E-state index >= 15 is 0 Å².